The van der Waals surface area contributed by atoms with Crippen molar-refractivity contribution in [3.8, 4) is 0 Å². The van der Waals surface area contributed by atoms with E-state index in [1.807, 2.05) is 37.3 Å². The summed E-state index contributed by atoms with van der Waals surface area (Å²) in [5.74, 6) is -3.54. The molecule has 0 aromatic heterocycles. The van der Waals surface area contributed by atoms with E-state index in [-0.39, 0.29) is 5.92 Å². The van der Waals surface area contributed by atoms with Gasteiger partial charge in [-0.1, -0.05) is 37.3 Å². The Morgan fingerprint density at radius 2 is 1.96 bits per heavy atom. The topological polar surface area (TPSA) is 29.5 Å². The highest BCUT2D eigenvalue weighted by Crippen LogP contribution is 2.39. The molecular formula is C19H27F2NO2. The highest BCUT2D eigenvalue weighted by molar-refractivity contribution is 5.68. The van der Waals surface area contributed by atoms with Gasteiger partial charge in [0.2, 0.25) is 0 Å². The summed E-state index contributed by atoms with van der Waals surface area (Å²) in [5.41, 5.74) is 0.397. The van der Waals surface area contributed by atoms with Gasteiger partial charge < -0.3 is 9.64 Å². The van der Waals surface area contributed by atoms with Crippen molar-refractivity contribution in [1.82, 2.24) is 4.90 Å². The molecule has 0 N–H and O–H groups in total. The molecule has 24 heavy (non-hydrogen) atoms. The van der Waals surface area contributed by atoms with Crippen molar-refractivity contribution in [2.75, 3.05) is 13.1 Å². The van der Waals surface area contributed by atoms with E-state index in [1.54, 1.807) is 20.8 Å². The van der Waals surface area contributed by atoms with E-state index >= 15 is 0 Å². The van der Waals surface area contributed by atoms with Crippen LogP contribution in [-0.4, -0.2) is 35.6 Å². The fraction of sp³-hybridized carbons (Fsp3) is 0.632. The first-order chi connectivity index (χ1) is 11.1. The number of amides is 1. The van der Waals surface area contributed by atoms with Crippen LogP contribution in [0.3, 0.4) is 0 Å². The average molecular weight is 339 g/mol. The highest BCUT2D eigenvalue weighted by Gasteiger charge is 2.46. The van der Waals surface area contributed by atoms with Gasteiger partial charge in [0.25, 0.3) is 5.92 Å². The number of benzene rings is 1. The third-order valence-electron chi connectivity index (χ3n) is 4.40. The number of rotatable bonds is 3. The summed E-state index contributed by atoms with van der Waals surface area (Å²) in [7, 11) is 0. The number of likely N-dealkylation sites (tertiary alicyclic amines) is 1. The first kappa shape index (κ1) is 18.7. The molecule has 1 fully saturated rings. The van der Waals surface area contributed by atoms with Crippen LogP contribution in [0.4, 0.5) is 13.6 Å². The van der Waals surface area contributed by atoms with Gasteiger partial charge in [-0.15, -0.1) is 0 Å². The molecule has 0 spiro atoms. The van der Waals surface area contributed by atoms with Crippen LogP contribution in [-0.2, 0) is 4.74 Å². The maximum Gasteiger partial charge on any atom is 0.410 e. The second kappa shape index (κ2) is 7.08. The molecule has 1 aliphatic heterocycles. The fourth-order valence-electron chi connectivity index (χ4n) is 3.10. The van der Waals surface area contributed by atoms with Gasteiger partial charge in [-0.2, -0.15) is 0 Å². The largest absolute Gasteiger partial charge is 0.444 e. The Kier molecular flexibility index (Phi) is 5.51. The number of ether oxygens (including phenoxy) is 1. The molecule has 1 amide bonds. The Labute approximate surface area is 143 Å². The van der Waals surface area contributed by atoms with Crippen LogP contribution < -0.4 is 0 Å². The molecule has 1 aromatic rings. The fourth-order valence-corrected chi connectivity index (χ4v) is 3.10. The molecule has 5 heteroatoms. The Bertz CT molecular complexity index is 554. The van der Waals surface area contributed by atoms with Gasteiger partial charge in [0.1, 0.15) is 5.60 Å². The Hall–Kier alpha value is -1.65. The average Bonchev–Trinajstić information content (AvgIpc) is 2.48. The van der Waals surface area contributed by atoms with Crippen LogP contribution in [0.1, 0.15) is 52.0 Å². The number of carbonyl (C=O) groups excluding carboxylic acids is 1. The summed E-state index contributed by atoms with van der Waals surface area (Å²) in [6.45, 7) is 6.93. The quantitative estimate of drug-likeness (QED) is 0.769. The van der Waals surface area contributed by atoms with E-state index in [0.29, 0.717) is 19.4 Å². The smallest absolute Gasteiger partial charge is 0.410 e. The zero-order valence-electron chi connectivity index (χ0n) is 14.9. The molecule has 3 nitrogen and oxygen atoms in total. The van der Waals surface area contributed by atoms with E-state index in [0.717, 1.165) is 10.5 Å². The number of nitrogens with zero attached hydrogens (tertiary/aromatic N) is 1. The maximum atomic E-state index is 14.5. The summed E-state index contributed by atoms with van der Waals surface area (Å²) in [6.07, 6.45) is 0.0551. The zero-order valence-corrected chi connectivity index (χ0v) is 14.9. The molecule has 0 radical (unpaired) electrons. The van der Waals surface area contributed by atoms with Crippen molar-refractivity contribution in [2.24, 2.45) is 5.92 Å². The summed E-state index contributed by atoms with van der Waals surface area (Å²) >= 11 is 0. The van der Waals surface area contributed by atoms with E-state index < -0.39 is 30.1 Å². The molecule has 1 aliphatic rings. The van der Waals surface area contributed by atoms with Gasteiger partial charge in [0.15, 0.2) is 0 Å². The lowest BCUT2D eigenvalue weighted by atomic mass is 9.82. The molecule has 0 saturated carbocycles. The number of hydrogen-bond donors (Lipinski definition) is 0. The lowest BCUT2D eigenvalue weighted by Gasteiger charge is -2.39. The monoisotopic (exact) mass is 339 g/mol. The molecule has 1 aromatic carbocycles. The number of halogens is 2. The number of hydrogen-bond acceptors (Lipinski definition) is 2. The van der Waals surface area contributed by atoms with E-state index in [9.17, 15) is 13.6 Å². The van der Waals surface area contributed by atoms with Crippen LogP contribution in [0, 0.1) is 5.92 Å². The maximum absolute atomic E-state index is 14.5. The first-order valence-electron chi connectivity index (χ1n) is 8.49. The van der Waals surface area contributed by atoms with Gasteiger partial charge >= 0.3 is 6.09 Å². The minimum Gasteiger partial charge on any atom is -0.444 e. The summed E-state index contributed by atoms with van der Waals surface area (Å²) in [6, 6.07) is 9.71. The van der Waals surface area contributed by atoms with Crippen LogP contribution >= 0.6 is 0 Å². The van der Waals surface area contributed by atoms with Crippen molar-refractivity contribution in [3.63, 3.8) is 0 Å². The van der Waals surface area contributed by atoms with Crippen LogP contribution in [0.25, 0.3) is 0 Å². The van der Waals surface area contributed by atoms with E-state index in [2.05, 4.69) is 0 Å². The minimum absolute atomic E-state index is 0.0650. The predicted octanol–water partition coefficient (Wildman–Crippen LogP) is 5.07. The third kappa shape index (κ3) is 4.92. The number of piperidine rings is 1. The first-order valence-corrected chi connectivity index (χ1v) is 8.49. The van der Waals surface area contributed by atoms with Crippen molar-refractivity contribution in [1.29, 1.82) is 0 Å². The molecule has 1 unspecified atom stereocenters. The van der Waals surface area contributed by atoms with Gasteiger partial charge in [-0.3, -0.25) is 0 Å². The van der Waals surface area contributed by atoms with Crippen molar-refractivity contribution < 1.29 is 18.3 Å². The van der Waals surface area contributed by atoms with E-state index in [4.69, 9.17) is 4.74 Å². The molecular weight excluding hydrogens is 312 g/mol. The SMILES string of the molecule is C[C@@H](CC1CCN(C(=O)OC(C)(C)C)CC1(F)F)c1ccccc1. The minimum atomic E-state index is -2.89. The molecule has 1 saturated heterocycles. The Morgan fingerprint density at radius 3 is 2.50 bits per heavy atom. The molecule has 0 aliphatic carbocycles. The van der Waals surface area contributed by atoms with Crippen LogP contribution in [0.15, 0.2) is 30.3 Å². The Morgan fingerprint density at radius 1 is 1.33 bits per heavy atom. The van der Waals surface area contributed by atoms with E-state index in [1.165, 1.54) is 0 Å². The standard InChI is InChI=1S/C19H27F2NO2/c1-14(15-8-6-5-7-9-15)12-16-10-11-22(13-19(16,20)21)17(23)24-18(2,3)4/h5-9,14,16H,10-13H2,1-4H3/t14-,16?/m0/s1. The lowest BCUT2D eigenvalue weighted by molar-refractivity contribution is -0.113. The van der Waals surface area contributed by atoms with Crippen LogP contribution in [0.2, 0.25) is 0 Å². The molecule has 134 valence electrons. The molecule has 2 rings (SSSR count). The normalized spacial score (nSPS) is 22.1. The second-order valence-corrected chi connectivity index (χ2v) is 7.70. The van der Waals surface area contributed by atoms with Gasteiger partial charge in [-0.05, 0) is 45.1 Å². The third-order valence-corrected chi connectivity index (χ3v) is 4.40. The molecule has 2 atom stereocenters. The summed E-state index contributed by atoms with van der Waals surface area (Å²) in [5, 5.41) is 0. The zero-order chi connectivity index (χ0) is 18.0. The van der Waals surface area contributed by atoms with Crippen molar-refractivity contribution in [2.45, 2.75) is 58.0 Å². The summed E-state index contributed by atoms with van der Waals surface area (Å²) < 4.78 is 34.3. The second-order valence-electron chi connectivity index (χ2n) is 7.70. The number of alkyl halides is 2. The van der Waals surface area contributed by atoms with Gasteiger partial charge in [-0.25, -0.2) is 13.6 Å². The van der Waals surface area contributed by atoms with Crippen molar-refractivity contribution >= 4 is 6.09 Å². The van der Waals surface area contributed by atoms with Crippen molar-refractivity contribution in [3.05, 3.63) is 35.9 Å². The highest BCUT2D eigenvalue weighted by atomic mass is 19.3. The van der Waals surface area contributed by atoms with Gasteiger partial charge in [0, 0.05) is 12.5 Å². The summed E-state index contributed by atoms with van der Waals surface area (Å²) in [4.78, 5) is 13.2. The van der Waals surface area contributed by atoms with Gasteiger partial charge in [0.05, 0.1) is 6.54 Å². The Balaban J connectivity index is 1.97. The predicted molar refractivity (Wildman–Crippen MR) is 90.3 cm³/mol. The van der Waals surface area contributed by atoms with Crippen LogP contribution in [0.5, 0.6) is 0 Å². The molecule has 0 bridgehead atoms. The lowest BCUT2D eigenvalue weighted by Crippen LogP contribution is -2.52. The number of carbonyl (C=O) groups is 1. The molecule has 1 heterocycles.